The van der Waals surface area contributed by atoms with Crippen molar-refractivity contribution in [1.29, 1.82) is 0 Å². The highest BCUT2D eigenvalue weighted by Crippen LogP contribution is 2.42. The molecule has 0 amide bonds. The van der Waals surface area contributed by atoms with Crippen molar-refractivity contribution in [2.75, 3.05) is 40.1 Å². The van der Waals surface area contributed by atoms with E-state index in [4.69, 9.17) is 24.7 Å². The minimum Gasteiger partial charge on any atom is -0.493 e. The first-order valence-electron chi connectivity index (χ1n) is 6.80. The molecule has 2 N–H and O–H groups in total. The molecule has 0 radical (unpaired) electrons. The van der Waals surface area contributed by atoms with E-state index >= 15 is 0 Å². The average molecular weight is 317 g/mol. The molecule has 1 atom stereocenters. The molecule has 2 heterocycles. The molecule has 1 unspecified atom stereocenters. The number of methoxy groups -OCH3 is 1. The Balaban J connectivity index is 0.00000161. The number of hydrogen-bond donors (Lipinski definition) is 1. The number of ether oxygens (including phenoxy) is 4. The Morgan fingerprint density at radius 1 is 1.38 bits per heavy atom. The zero-order valence-electron chi connectivity index (χ0n) is 12.0. The maximum Gasteiger partial charge on any atom is 0.231 e. The van der Waals surface area contributed by atoms with E-state index in [0.717, 1.165) is 43.3 Å². The number of benzene rings is 1. The quantitative estimate of drug-likeness (QED) is 0.894. The summed E-state index contributed by atoms with van der Waals surface area (Å²) in [7, 11) is 1.64. The zero-order chi connectivity index (χ0) is 13.9. The molecule has 0 spiro atoms. The van der Waals surface area contributed by atoms with Gasteiger partial charge in [0.25, 0.3) is 0 Å². The number of hydrogen-bond acceptors (Lipinski definition) is 6. The summed E-state index contributed by atoms with van der Waals surface area (Å²) in [6.07, 6.45) is 0.125. The second-order valence-electron chi connectivity index (χ2n) is 5.00. The lowest BCUT2D eigenvalue weighted by Crippen LogP contribution is -2.45. The van der Waals surface area contributed by atoms with E-state index in [1.165, 1.54) is 0 Å². The minimum atomic E-state index is 0. The molecule has 1 fully saturated rings. The smallest absolute Gasteiger partial charge is 0.231 e. The summed E-state index contributed by atoms with van der Waals surface area (Å²) >= 11 is 0. The Morgan fingerprint density at radius 3 is 3.00 bits per heavy atom. The van der Waals surface area contributed by atoms with Crippen LogP contribution in [-0.2, 0) is 11.3 Å². The molecular weight excluding hydrogens is 296 g/mol. The Morgan fingerprint density at radius 2 is 2.24 bits per heavy atom. The van der Waals surface area contributed by atoms with E-state index in [9.17, 15) is 0 Å². The van der Waals surface area contributed by atoms with Crippen molar-refractivity contribution < 1.29 is 18.9 Å². The van der Waals surface area contributed by atoms with Gasteiger partial charge in [-0.3, -0.25) is 4.90 Å². The Kier molecular flexibility index (Phi) is 5.52. The van der Waals surface area contributed by atoms with Crippen LogP contribution >= 0.6 is 12.4 Å². The van der Waals surface area contributed by atoms with Gasteiger partial charge in [-0.1, -0.05) is 0 Å². The van der Waals surface area contributed by atoms with Crippen LogP contribution in [-0.4, -0.2) is 51.1 Å². The van der Waals surface area contributed by atoms with Crippen LogP contribution in [0.4, 0.5) is 0 Å². The van der Waals surface area contributed by atoms with Crippen LogP contribution in [0.15, 0.2) is 12.1 Å². The summed E-state index contributed by atoms with van der Waals surface area (Å²) in [4.78, 5) is 2.33. The van der Waals surface area contributed by atoms with Crippen molar-refractivity contribution in [1.82, 2.24) is 4.90 Å². The second kappa shape index (κ2) is 7.17. The van der Waals surface area contributed by atoms with E-state index in [2.05, 4.69) is 4.90 Å². The van der Waals surface area contributed by atoms with Gasteiger partial charge in [0.1, 0.15) is 0 Å². The third-order valence-electron chi connectivity index (χ3n) is 3.61. The summed E-state index contributed by atoms with van der Waals surface area (Å²) in [5.74, 6) is 2.17. The van der Waals surface area contributed by atoms with Crippen molar-refractivity contribution >= 4 is 12.4 Å². The number of nitrogens with zero attached hydrogens (tertiary/aromatic N) is 1. The van der Waals surface area contributed by atoms with E-state index in [1.807, 2.05) is 12.1 Å². The van der Waals surface area contributed by atoms with Gasteiger partial charge in [0.05, 0.1) is 19.8 Å². The summed E-state index contributed by atoms with van der Waals surface area (Å²) < 4.78 is 21.8. The summed E-state index contributed by atoms with van der Waals surface area (Å²) in [5, 5.41) is 0. The molecule has 118 valence electrons. The minimum absolute atomic E-state index is 0. The number of halogens is 1. The van der Waals surface area contributed by atoms with Gasteiger partial charge in [-0.2, -0.15) is 0 Å². The normalized spacial score (nSPS) is 21.0. The molecule has 3 rings (SSSR count). The zero-order valence-corrected chi connectivity index (χ0v) is 12.9. The standard InChI is InChI=1S/C14H20N2O4.ClH/c1-17-12-4-10(5-13-14(12)20-9-19-13)7-16-2-3-18-11(6-15)8-16;/h4-5,11H,2-3,6-9,15H2,1H3;1H. The van der Waals surface area contributed by atoms with Gasteiger partial charge in [0, 0.05) is 26.2 Å². The van der Waals surface area contributed by atoms with Crippen molar-refractivity contribution in [2.24, 2.45) is 5.73 Å². The lowest BCUT2D eigenvalue weighted by Gasteiger charge is -2.32. The molecule has 21 heavy (non-hydrogen) atoms. The molecule has 0 aromatic heterocycles. The molecule has 1 aromatic carbocycles. The topological polar surface area (TPSA) is 66.2 Å². The molecule has 2 aliphatic heterocycles. The van der Waals surface area contributed by atoms with Gasteiger partial charge >= 0.3 is 0 Å². The van der Waals surface area contributed by atoms with Crippen LogP contribution in [0.5, 0.6) is 17.2 Å². The number of morpholine rings is 1. The number of nitrogens with two attached hydrogens (primary N) is 1. The molecule has 6 nitrogen and oxygen atoms in total. The highest BCUT2D eigenvalue weighted by atomic mass is 35.5. The first kappa shape index (κ1) is 16.2. The van der Waals surface area contributed by atoms with E-state index in [-0.39, 0.29) is 25.3 Å². The molecule has 0 aliphatic carbocycles. The average Bonchev–Trinajstić information content (AvgIpc) is 2.95. The van der Waals surface area contributed by atoms with Crippen LogP contribution in [0.3, 0.4) is 0 Å². The van der Waals surface area contributed by atoms with Gasteiger partial charge in [-0.15, -0.1) is 12.4 Å². The summed E-state index contributed by atoms with van der Waals surface area (Å²) in [6.45, 7) is 4.12. The second-order valence-corrected chi connectivity index (χ2v) is 5.00. The molecule has 1 aromatic rings. The molecule has 7 heteroatoms. The lowest BCUT2D eigenvalue weighted by atomic mass is 10.1. The van der Waals surface area contributed by atoms with Crippen molar-refractivity contribution in [3.05, 3.63) is 17.7 Å². The maximum absolute atomic E-state index is 5.67. The van der Waals surface area contributed by atoms with Crippen molar-refractivity contribution in [3.8, 4) is 17.2 Å². The van der Waals surface area contributed by atoms with Gasteiger partial charge < -0.3 is 24.7 Å². The third kappa shape index (κ3) is 3.52. The largest absolute Gasteiger partial charge is 0.493 e. The number of fused-ring (bicyclic) bond motifs is 1. The van der Waals surface area contributed by atoms with Crippen molar-refractivity contribution in [3.63, 3.8) is 0 Å². The predicted molar refractivity (Wildman–Crippen MR) is 80.4 cm³/mol. The monoisotopic (exact) mass is 316 g/mol. The van der Waals surface area contributed by atoms with Gasteiger partial charge in [0.15, 0.2) is 11.5 Å². The molecule has 1 saturated heterocycles. The molecule has 0 saturated carbocycles. The Bertz CT molecular complexity index is 486. The fraction of sp³-hybridized carbons (Fsp3) is 0.571. The SMILES string of the molecule is COc1cc(CN2CCOC(CN)C2)cc2c1OCO2.Cl. The molecular formula is C14H21ClN2O4. The summed E-state index contributed by atoms with van der Waals surface area (Å²) in [5.41, 5.74) is 6.81. The highest BCUT2D eigenvalue weighted by molar-refractivity contribution is 5.85. The van der Waals surface area contributed by atoms with E-state index < -0.39 is 0 Å². The fourth-order valence-corrected chi connectivity index (χ4v) is 2.60. The van der Waals surface area contributed by atoms with Crippen LogP contribution in [0.2, 0.25) is 0 Å². The van der Waals surface area contributed by atoms with Gasteiger partial charge in [-0.05, 0) is 17.7 Å². The Labute approximate surface area is 130 Å². The van der Waals surface area contributed by atoms with Crippen LogP contribution in [0.1, 0.15) is 5.56 Å². The Hall–Kier alpha value is -1.21. The highest BCUT2D eigenvalue weighted by Gasteiger charge is 2.23. The molecule has 0 bridgehead atoms. The van der Waals surface area contributed by atoms with Crippen molar-refractivity contribution in [2.45, 2.75) is 12.6 Å². The van der Waals surface area contributed by atoms with Crippen LogP contribution in [0.25, 0.3) is 0 Å². The predicted octanol–water partition coefficient (Wildman–Crippen LogP) is 1.01. The third-order valence-corrected chi connectivity index (χ3v) is 3.61. The lowest BCUT2D eigenvalue weighted by molar-refractivity contribution is -0.0260. The first-order chi connectivity index (χ1) is 9.80. The maximum atomic E-state index is 5.67. The van der Waals surface area contributed by atoms with E-state index in [0.29, 0.717) is 12.3 Å². The van der Waals surface area contributed by atoms with Crippen LogP contribution < -0.4 is 19.9 Å². The number of rotatable bonds is 4. The van der Waals surface area contributed by atoms with Gasteiger partial charge in [0.2, 0.25) is 12.5 Å². The first-order valence-corrected chi connectivity index (χ1v) is 6.80. The summed E-state index contributed by atoms with van der Waals surface area (Å²) in [6, 6.07) is 4.01. The van der Waals surface area contributed by atoms with Crippen LogP contribution in [0, 0.1) is 0 Å². The molecule has 2 aliphatic rings. The van der Waals surface area contributed by atoms with E-state index in [1.54, 1.807) is 7.11 Å². The van der Waals surface area contributed by atoms with Gasteiger partial charge in [-0.25, -0.2) is 0 Å². The fourth-order valence-electron chi connectivity index (χ4n) is 2.60.